The summed E-state index contributed by atoms with van der Waals surface area (Å²) in [5.74, 6) is 0.680. The van der Waals surface area contributed by atoms with Crippen LogP contribution < -0.4 is 4.74 Å². The molecule has 0 spiro atoms. The first-order chi connectivity index (χ1) is 17.0. The molecular formula is C28H22FN5O. The summed E-state index contributed by atoms with van der Waals surface area (Å²) in [4.78, 5) is 18.3. The summed E-state index contributed by atoms with van der Waals surface area (Å²) in [6.45, 7) is 6.03. The van der Waals surface area contributed by atoms with E-state index in [1.165, 1.54) is 6.07 Å². The number of nitrogens with zero attached hydrogens (tertiary/aromatic N) is 5. The van der Waals surface area contributed by atoms with Crippen LogP contribution in [0.3, 0.4) is 0 Å². The van der Waals surface area contributed by atoms with Crippen molar-refractivity contribution in [3.05, 3.63) is 95.5 Å². The van der Waals surface area contributed by atoms with Crippen LogP contribution in [0.1, 0.15) is 22.6 Å². The molecule has 6 aromatic rings. The van der Waals surface area contributed by atoms with Crippen LogP contribution >= 0.6 is 0 Å². The zero-order chi connectivity index (χ0) is 24.1. The molecule has 172 valence electrons. The third-order valence-electron chi connectivity index (χ3n) is 6.24. The maximum Gasteiger partial charge on any atom is 0.154 e. The molecule has 6 nitrogen and oxygen atoms in total. The normalized spacial score (nSPS) is 11.5. The number of halogens is 1. The minimum atomic E-state index is -0.447. The minimum absolute atomic E-state index is 0.220. The summed E-state index contributed by atoms with van der Waals surface area (Å²) in [5, 5.41) is 1.06. The number of aryl methyl sites for hydroxylation is 3. The molecule has 6 rings (SSSR count). The molecule has 0 aliphatic rings. The van der Waals surface area contributed by atoms with Gasteiger partial charge in [-0.25, -0.2) is 19.3 Å². The molecule has 0 fully saturated rings. The molecule has 0 radical (unpaired) electrons. The van der Waals surface area contributed by atoms with Gasteiger partial charge in [0.25, 0.3) is 0 Å². The summed E-state index contributed by atoms with van der Waals surface area (Å²) in [5.41, 5.74) is 6.85. The van der Waals surface area contributed by atoms with Crippen molar-refractivity contribution >= 4 is 27.5 Å². The van der Waals surface area contributed by atoms with E-state index in [4.69, 9.17) is 9.72 Å². The lowest BCUT2D eigenvalue weighted by atomic mass is 10.1. The molecule has 0 saturated heterocycles. The Balaban J connectivity index is 1.49. The van der Waals surface area contributed by atoms with Crippen LogP contribution in [-0.2, 0) is 6.61 Å². The highest BCUT2D eigenvalue weighted by Crippen LogP contribution is 2.32. The summed E-state index contributed by atoms with van der Waals surface area (Å²) in [6, 6.07) is 17.0. The van der Waals surface area contributed by atoms with E-state index in [9.17, 15) is 0 Å². The topological polar surface area (TPSA) is 65.2 Å². The Hall–Kier alpha value is -4.39. The maximum atomic E-state index is 15.3. The molecule has 7 heteroatoms. The fraction of sp³-hybridized carbons (Fsp3) is 0.143. The number of rotatable bonds is 4. The van der Waals surface area contributed by atoms with E-state index in [0.29, 0.717) is 17.0 Å². The van der Waals surface area contributed by atoms with Crippen molar-refractivity contribution in [2.45, 2.75) is 27.4 Å². The molecule has 0 aliphatic heterocycles. The van der Waals surface area contributed by atoms with Gasteiger partial charge < -0.3 is 4.74 Å². The third kappa shape index (κ3) is 3.56. The van der Waals surface area contributed by atoms with Gasteiger partial charge in [-0.3, -0.25) is 9.38 Å². The van der Waals surface area contributed by atoms with E-state index in [1.54, 1.807) is 12.4 Å². The second-order valence-corrected chi connectivity index (χ2v) is 8.65. The predicted molar refractivity (Wildman–Crippen MR) is 134 cm³/mol. The lowest BCUT2D eigenvalue weighted by Crippen LogP contribution is -2.03. The number of para-hydroxylation sites is 1. The fourth-order valence-electron chi connectivity index (χ4n) is 4.58. The zero-order valence-corrected chi connectivity index (χ0v) is 19.6. The number of hydrogen-bond acceptors (Lipinski definition) is 5. The van der Waals surface area contributed by atoms with E-state index >= 15 is 4.39 Å². The summed E-state index contributed by atoms with van der Waals surface area (Å²) < 4.78 is 23.3. The SMILES string of the molecule is Cc1cnccc1-c1nc(C)c2c(C)nc3c(F)cc(OCc4ccc5ccccc5n4)cc3n12. The van der Waals surface area contributed by atoms with Crippen LogP contribution in [0.25, 0.3) is 38.8 Å². The Morgan fingerprint density at radius 1 is 0.914 bits per heavy atom. The summed E-state index contributed by atoms with van der Waals surface area (Å²) >= 11 is 0. The molecule has 0 N–H and O–H groups in total. The molecule has 0 atom stereocenters. The van der Waals surface area contributed by atoms with E-state index in [-0.39, 0.29) is 12.1 Å². The molecule has 0 amide bonds. The predicted octanol–water partition coefficient (Wildman–Crippen LogP) is 6.14. The lowest BCUT2D eigenvalue weighted by molar-refractivity contribution is 0.300. The van der Waals surface area contributed by atoms with Crippen LogP contribution in [0, 0.1) is 26.6 Å². The quantitative estimate of drug-likeness (QED) is 0.314. The monoisotopic (exact) mass is 463 g/mol. The van der Waals surface area contributed by atoms with Crippen LogP contribution in [0.4, 0.5) is 4.39 Å². The highest BCUT2D eigenvalue weighted by atomic mass is 19.1. The van der Waals surface area contributed by atoms with Crippen molar-refractivity contribution in [2.75, 3.05) is 0 Å². The van der Waals surface area contributed by atoms with Crippen molar-refractivity contribution in [1.29, 1.82) is 0 Å². The van der Waals surface area contributed by atoms with Gasteiger partial charge >= 0.3 is 0 Å². The first-order valence-corrected chi connectivity index (χ1v) is 11.4. The molecule has 0 saturated carbocycles. The first-order valence-electron chi connectivity index (χ1n) is 11.4. The van der Waals surface area contributed by atoms with Gasteiger partial charge in [0.1, 0.15) is 23.7 Å². The molecule has 0 unspecified atom stereocenters. The van der Waals surface area contributed by atoms with Crippen molar-refractivity contribution in [1.82, 2.24) is 24.3 Å². The Morgan fingerprint density at radius 3 is 2.60 bits per heavy atom. The van der Waals surface area contributed by atoms with Gasteiger partial charge in [0, 0.05) is 35.5 Å². The van der Waals surface area contributed by atoms with Crippen molar-refractivity contribution in [3.63, 3.8) is 0 Å². The molecule has 2 aromatic carbocycles. The van der Waals surface area contributed by atoms with Gasteiger partial charge in [0.2, 0.25) is 0 Å². The zero-order valence-electron chi connectivity index (χ0n) is 19.6. The third-order valence-corrected chi connectivity index (χ3v) is 6.24. The fourth-order valence-corrected chi connectivity index (χ4v) is 4.58. The number of pyridine rings is 2. The van der Waals surface area contributed by atoms with Crippen molar-refractivity contribution < 1.29 is 9.13 Å². The van der Waals surface area contributed by atoms with Gasteiger partial charge in [0.05, 0.1) is 33.6 Å². The second-order valence-electron chi connectivity index (χ2n) is 8.65. The van der Waals surface area contributed by atoms with Crippen LogP contribution in [0.15, 0.2) is 67.0 Å². The second kappa shape index (κ2) is 8.13. The molecular weight excluding hydrogens is 441 g/mol. The number of benzene rings is 2. The van der Waals surface area contributed by atoms with Gasteiger partial charge in [-0.1, -0.05) is 24.3 Å². The van der Waals surface area contributed by atoms with Crippen molar-refractivity contribution in [3.8, 4) is 17.1 Å². The Morgan fingerprint density at radius 2 is 1.74 bits per heavy atom. The van der Waals surface area contributed by atoms with E-state index in [2.05, 4.69) is 15.0 Å². The largest absolute Gasteiger partial charge is 0.487 e. The Bertz CT molecular complexity index is 1760. The number of ether oxygens (including phenoxy) is 1. The molecule has 0 aliphatic carbocycles. The van der Waals surface area contributed by atoms with Crippen LogP contribution in [0.2, 0.25) is 0 Å². The number of imidazole rings is 1. The van der Waals surface area contributed by atoms with E-state index in [0.717, 1.165) is 44.8 Å². The standard InChI is InChI=1S/C28H22FN5O/c1-16-14-30-11-10-22(16)28-32-18(3)27-17(2)31-26-23(29)12-21(13-25(26)34(27)28)35-15-20-9-8-19-6-4-5-7-24(19)33-20/h4-14H,15H2,1-3H3. The summed E-state index contributed by atoms with van der Waals surface area (Å²) in [7, 11) is 0. The molecule has 0 bridgehead atoms. The number of hydrogen-bond donors (Lipinski definition) is 0. The smallest absolute Gasteiger partial charge is 0.154 e. The molecule has 4 aromatic heterocycles. The molecule has 4 heterocycles. The Kier molecular flexibility index (Phi) is 4.91. The average molecular weight is 464 g/mol. The highest BCUT2D eigenvalue weighted by Gasteiger charge is 2.20. The first kappa shape index (κ1) is 21.2. The van der Waals surface area contributed by atoms with Gasteiger partial charge in [-0.15, -0.1) is 0 Å². The maximum absolute atomic E-state index is 15.3. The van der Waals surface area contributed by atoms with Gasteiger partial charge in [-0.2, -0.15) is 0 Å². The highest BCUT2D eigenvalue weighted by molar-refractivity contribution is 5.85. The Labute approximate surface area is 201 Å². The van der Waals surface area contributed by atoms with E-state index < -0.39 is 5.82 Å². The average Bonchev–Trinajstić information content (AvgIpc) is 3.21. The van der Waals surface area contributed by atoms with Crippen LogP contribution in [0.5, 0.6) is 5.75 Å². The lowest BCUT2D eigenvalue weighted by Gasteiger charge is -2.13. The van der Waals surface area contributed by atoms with E-state index in [1.807, 2.05) is 73.7 Å². The summed E-state index contributed by atoms with van der Waals surface area (Å²) in [6.07, 6.45) is 3.54. The van der Waals surface area contributed by atoms with Crippen molar-refractivity contribution in [2.24, 2.45) is 0 Å². The molecule has 35 heavy (non-hydrogen) atoms. The number of aromatic nitrogens is 5. The van der Waals surface area contributed by atoms with Crippen LogP contribution in [-0.4, -0.2) is 24.3 Å². The van der Waals surface area contributed by atoms with Gasteiger partial charge in [-0.05, 0) is 44.5 Å². The minimum Gasteiger partial charge on any atom is -0.487 e. The van der Waals surface area contributed by atoms with Gasteiger partial charge in [0.15, 0.2) is 5.82 Å². The number of fused-ring (bicyclic) bond motifs is 4.